The summed E-state index contributed by atoms with van der Waals surface area (Å²) in [4.78, 5) is 44.8. The number of hydrogen-bond acceptors (Lipinski definition) is 8. The molecule has 2 aliphatic heterocycles. The molecule has 0 bridgehead atoms. The van der Waals surface area contributed by atoms with Gasteiger partial charge in [-0.05, 0) is 85.6 Å². The molecule has 10 nitrogen and oxygen atoms in total. The molecule has 11 heteroatoms. The van der Waals surface area contributed by atoms with Crippen LogP contribution in [0.4, 0.5) is 10.5 Å². The average Bonchev–Trinajstić information content (AvgIpc) is 3.56. The molecule has 4 N–H and O–H groups in total. The number of benzene rings is 4. The number of para-hydroxylation sites is 1. The van der Waals surface area contributed by atoms with E-state index in [4.69, 9.17) is 4.74 Å². The Morgan fingerprint density at radius 3 is 2.51 bits per heavy atom. The number of carbonyl (C=O) groups excluding carboxylic acids is 2. The Kier molecular flexibility index (Phi) is 10.8. The molecule has 0 aliphatic carbocycles. The van der Waals surface area contributed by atoms with Crippen LogP contribution in [0.3, 0.4) is 0 Å². The van der Waals surface area contributed by atoms with E-state index < -0.39 is 6.09 Å². The van der Waals surface area contributed by atoms with Gasteiger partial charge in [0.05, 0.1) is 10.4 Å². The number of fused-ring (bicyclic) bond motifs is 2. The first-order valence-electron chi connectivity index (χ1n) is 17.7. The maximum atomic E-state index is 13.4. The van der Waals surface area contributed by atoms with E-state index >= 15 is 0 Å². The summed E-state index contributed by atoms with van der Waals surface area (Å²) in [6.45, 7) is 5.39. The van der Waals surface area contributed by atoms with Crippen LogP contribution in [0.15, 0.2) is 89.7 Å². The fourth-order valence-corrected chi connectivity index (χ4v) is 7.97. The normalized spacial score (nSPS) is 15.2. The van der Waals surface area contributed by atoms with Crippen LogP contribution in [0.2, 0.25) is 0 Å². The minimum Gasteiger partial charge on any atom is -0.506 e. The fraction of sp³-hybridized carbons (Fsp3) is 0.325. The van der Waals surface area contributed by atoms with E-state index in [2.05, 4.69) is 32.7 Å². The molecule has 264 valence electrons. The van der Waals surface area contributed by atoms with Crippen LogP contribution in [0.25, 0.3) is 21.3 Å². The number of likely N-dealkylation sites (tertiary alicyclic amines) is 1. The van der Waals surface area contributed by atoms with Crippen molar-refractivity contribution in [3.8, 4) is 16.9 Å². The van der Waals surface area contributed by atoms with Gasteiger partial charge in [0.15, 0.2) is 0 Å². The number of aromatic amines is 1. The number of nitrogens with one attached hydrogen (secondary N) is 3. The Labute approximate surface area is 301 Å². The number of rotatable bonds is 12. The molecule has 0 radical (unpaired) electrons. The molecule has 0 unspecified atom stereocenters. The third kappa shape index (κ3) is 8.33. The zero-order valence-electron chi connectivity index (χ0n) is 28.5. The second-order valence-electron chi connectivity index (χ2n) is 13.2. The molecule has 2 amide bonds. The highest BCUT2D eigenvalue weighted by atomic mass is 32.1. The lowest BCUT2D eigenvalue weighted by Gasteiger charge is -2.34. The van der Waals surface area contributed by atoms with Crippen LogP contribution in [0, 0.1) is 0 Å². The van der Waals surface area contributed by atoms with Crippen molar-refractivity contribution in [3.05, 3.63) is 117 Å². The van der Waals surface area contributed by atoms with Gasteiger partial charge in [0, 0.05) is 43.9 Å². The average molecular weight is 706 g/mol. The van der Waals surface area contributed by atoms with Gasteiger partial charge in [-0.1, -0.05) is 78.1 Å². The van der Waals surface area contributed by atoms with Gasteiger partial charge in [0.1, 0.15) is 17.4 Å². The predicted octanol–water partition coefficient (Wildman–Crippen LogP) is 6.05. The highest BCUT2D eigenvalue weighted by Gasteiger charge is 2.27. The van der Waals surface area contributed by atoms with Crippen LogP contribution in [-0.2, 0) is 24.0 Å². The van der Waals surface area contributed by atoms with E-state index in [1.807, 2.05) is 71.6 Å². The summed E-state index contributed by atoms with van der Waals surface area (Å²) in [6.07, 6.45) is 3.41. The first kappa shape index (κ1) is 34.5. The van der Waals surface area contributed by atoms with Gasteiger partial charge in [-0.15, -0.1) is 0 Å². The molecular formula is C40H43N5O5S. The smallest absolute Gasteiger partial charge is 0.411 e. The van der Waals surface area contributed by atoms with Gasteiger partial charge in [-0.3, -0.25) is 14.9 Å². The van der Waals surface area contributed by atoms with Gasteiger partial charge in [-0.2, -0.15) is 0 Å². The molecule has 0 saturated carbocycles. The van der Waals surface area contributed by atoms with Crippen molar-refractivity contribution >= 4 is 39.2 Å². The lowest BCUT2D eigenvalue weighted by molar-refractivity contribution is 0.0517. The monoisotopic (exact) mass is 705 g/mol. The Morgan fingerprint density at radius 2 is 1.67 bits per heavy atom. The lowest BCUT2D eigenvalue weighted by Crippen LogP contribution is -2.45. The van der Waals surface area contributed by atoms with Crippen LogP contribution in [0.5, 0.6) is 5.75 Å². The van der Waals surface area contributed by atoms with Crippen LogP contribution < -0.4 is 15.5 Å². The quantitative estimate of drug-likeness (QED) is 0.117. The number of anilines is 1. The summed E-state index contributed by atoms with van der Waals surface area (Å²) < 4.78 is 6.62. The number of piperidine rings is 1. The number of amides is 2. The number of phenols is 1. The van der Waals surface area contributed by atoms with Crippen molar-refractivity contribution in [2.45, 2.75) is 38.2 Å². The van der Waals surface area contributed by atoms with Gasteiger partial charge in [0.25, 0.3) is 5.91 Å². The number of carbonyl (C=O) groups is 2. The van der Waals surface area contributed by atoms with Crippen LogP contribution >= 0.6 is 11.3 Å². The number of H-pyrrole nitrogens is 1. The Bertz CT molecular complexity index is 2050. The van der Waals surface area contributed by atoms with Gasteiger partial charge < -0.3 is 29.9 Å². The topological polar surface area (TPSA) is 127 Å². The van der Waals surface area contributed by atoms with Crippen molar-refractivity contribution in [2.75, 3.05) is 51.1 Å². The number of aromatic hydroxyl groups is 1. The predicted molar refractivity (Wildman–Crippen MR) is 202 cm³/mol. The first-order valence-corrected chi connectivity index (χ1v) is 18.5. The molecule has 2 aliphatic rings. The Hall–Kier alpha value is -4.97. The summed E-state index contributed by atoms with van der Waals surface area (Å²) in [5, 5.41) is 16.4. The molecule has 51 heavy (non-hydrogen) atoms. The summed E-state index contributed by atoms with van der Waals surface area (Å²) in [5.41, 5.74) is 7.39. The largest absolute Gasteiger partial charge is 0.506 e. The van der Waals surface area contributed by atoms with Crippen LogP contribution in [-0.4, -0.2) is 83.8 Å². The number of thiazole rings is 1. The highest BCUT2D eigenvalue weighted by molar-refractivity contribution is 7.16. The second-order valence-corrected chi connectivity index (χ2v) is 14.2. The van der Waals surface area contributed by atoms with Gasteiger partial charge >= 0.3 is 11.0 Å². The zero-order valence-corrected chi connectivity index (χ0v) is 29.3. The molecule has 0 spiro atoms. The number of aromatic nitrogens is 1. The summed E-state index contributed by atoms with van der Waals surface area (Å²) in [7, 11) is 0. The maximum absolute atomic E-state index is 13.4. The Balaban J connectivity index is 0.819. The van der Waals surface area contributed by atoms with Crippen molar-refractivity contribution in [1.82, 2.24) is 20.1 Å². The Morgan fingerprint density at radius 1 is 0.882 bits per heavy atom. The first-order chi connectivity index (χ1) is 24.9. The lowest BCUT2D eigenvalue weighted by atomic mass is 9.95. The van der Waals surface area contributed by atoms with E-state index in [-0.39, 0.29) is 22.6 Å². The molecular weight excluding hydrogens is 663 g/mol. The van der Waals surface area contributed by atoms with Gasteiger partial charge in [-0.25, -0.2) is 4.79 Å². The van der Waals surface area contributed by atoms with Crippen molar-refractivity contribution in [1.29, 1.82) is 0 Å². The standard InChI is InChI=1S/C40H43N5O5S/c46-35-13-11-29(37-36(35)43-40(49)51-37)15-20-41-19-14-27-10-12-33-30(26-27)16-23-45(38(33)47)25-24-44-21-17-31(18-22-44)50-39(48)42-34-9-5-4-8-32(34)28-6-2-1-3-7-28/h1-13,26,31,41,46H,14-25H2,(H,42,48)(H,43,49). The molecule has 1 aromatic heterocycles. The van der Waals surface area contributed by atoms with E-state index in [1.165, 1.54) is 5.56 Å². The number of phenolic OH excluding ortho intramolecular Hbond substituents is 1. The summed E-state index contributed by atoms with van der Waals surface area (Å²) in [6, 6.07) is 27.4. The van der Waals surface area contributed by atoms with E-state index in [0.29, 0.717) is 18.6 Å². The molecule has 7 rings (SSSR count). The van der Waals surface area contributed by atoms with Crippen molar-refractivity contribution in [2.24, 2.45) is 0 Å². The zero-order chi connectivity index (χ0) is 35.2. The van der Waals surface area contributed by atoms with Gasteiger partial charge in [0.2, 0.25) is 0 Å². The minimum absolute atomic E-state index is 0.0962. The highest BCUT2D eigenvalue weighted by Crippen LogP contribution is 2.29. The maximum Gasteiger partial charge on any atom is 0.411 e. The summed E-state index contributed by atoms with van der Waals surface area (Å²) >= 11 is 1.13. The molecule has 1 saturated heterocycles. The van der Waals surface area contributed by atoms with E-state index in [0.717, 1.165) is 114 Å². The molecule has 1 fully saturated rings. The molecule has 4 aromatic carbocycles. The fourth-order valence-electron chi connectivity index (χ4n) is 7.07. The SMILES string of the molecule is O=C(Nc1ccccc1-c1ccccc1)OC1CCN(CCN2CCc3cc(CCNCCc4ccc(O)c5[nH]c(=O)sc45)ccc3C2=O)CC1. The molecule has 0 atom stereocenters. The number of nitrogens with zero attached hydrogens (tertiary/aromatic N) is 2. The number of hydrogen-bond donors (Lipinski definition) is 4. The summed E-state index contributed by atoms with van der Waals surface area (Å²) in [5.74, 6) is 0.195. The van der Waals surface area contributed by atoms with E-state index in [9.17, 15) is 19.5 Å². The van der Waals surface area contributed by atoms with Crippen molar-refractivity contribution < 1.29 is 19.4 Å². The number of ether oxygens (including phenoxy) is 1. The van der Waals surface area contributed by atoms with Crippen molar-refractivity contribution in [3.63, 3.8) is 0 Å². The third-order valence-corrected chi connectivity index (χ3v) is 10.8. The minimum atomic E-state index is -0.432. The third-order valence-electron chi connectivity index (χ3n) is 9.88. The molecule has 5 aromatic rings. The molecule has 3 heterocycles. The second kappa shape index (κ2) is 15.9. The van der Waals surface area contributed by atoms with E-state index in [1.54, 1.807) is 6.07 Å². The van der Waals surface area contributed by atoms with Crippen LogP contribution in [0.1, 0.15) is 39.9 Å².